The molecule has 3 aromatic rings. The Balaban J connectivity index is 1.36. The fraction of sp³-hybridized carbons (Fsp3) is 0.292. The van der Waals surface area contributed by atoms with Crippen LogP contribution in [0.4, 0.5) is 11.6 Å². The van der Waals surface area contributed by atoms with Gasteiger partial charge >= 0.3 is 0 Å². The summed E-state index contributed by atoms with van der Waals surface area (Å²) in [6, 6.07) is 18.1. The van der Waals surface area contributed by atoms with Crippen molar-refractivity contribution < 1.29 is 4.79 Å². The van der Waals surface area contributed by atoms with Crippen LogP contribution in [0.15, 0.2) is 67.0 Å². The lowest BCUT2D eigenvalue weighted by Gasteiger charge is -2.35. The van der Waals surface area contributed by atoms with Crippen molar-refractivity contribution in [3.8, 4) is 0 Å². The molecular weight excluding hydrogens is 374 g/mol. The van der Waals surface area contributed by atoms with Gasteiger partial charge < -0.3 is 10.6 Å². The van der Waals surface area contributed by atoms with E-state index < -0.39 is 0 Å². The highest BCUT2D eigenvalue weighted by atomic mass is 16.1. The molecule has 1 aliphatic heterocycles. The molecule has 1 amide bonds. The number of carbonyl (C=O) groups excluding carboxylic acids is 1. The lowest BCUT2D eigenvalue weighted by Crippen LogP contribution is -2.45. The molecule has 2 heterocycles. The highest BCUT2D eigenvalue weighted by molar-refractivity contribution is 5.95. The molecule has 30 heavy (non-hydrogen) atoms. The van der Waals surface area contributed by atoms with Crippen molar-refractivity contribution in [2.75, 3.05) is 18.4 Å². The summed E-state index contributed by atoms with van der Waals surface area (Å²) in [5.41, 5.74) is 4.25. The molecule has 0 fully saturated rings. The number of rotatable bonds is 7. The first-order valence-electron chi connectivity index (χ1n) is 10.5. The zero-order valence-corrected chi connectivity index (χ0v) is 17.2. The van der Waals surface area contributed by atoms with Crippen LogP contribution in [0.2, 0.25) is 0 Å². The predicted molar refractivity (Wildman–Crippen MR) is 119 cm³/mol. The summed E-state index contributed by atoms with van der Waals surface area (Å²) in [5, 5.41) is 6.25. The third-order valence-electron chi connectivity index (χ3n) is 5.59. The Hall–Kier alpha value is -3.25. The minimum Gasteiger partial charge on any atom is -0.350 e. The van der Waals surface area contributed by atoms with Gasteiger partial charge in [0.25, 0.3) is 5.91 Å². The highest BCUT2D eigenvalue weighted by Gasteiger charge is 2.22. The number of nitrogens with zero attached hydrogens (tertiary/aromatic N) is 3. The number of hydrogen-bond donors (Lipinski definition) is 2. The monoisotopic (exact) mass is 401 g/mol. The van der Waals surface area contributed by atoms with Crippen LogP contribution in [-0.2, 0) is 13.0 Å². The first-order chi connectivity index (χ1) is 14.7. The quantitative estimate of drug-likeness (QED) is 0.630. The van der Waals surface area contributed by atoms with E-state index in [4.69, 9.17) is 0 Å². The van der Waals surface area contributed by atoms with Crippen LogP contribution >= 0.6 is 0 Å². The number of anilines is 2. The minimum atomic E-state index is -0.0662. The van der Waals surface area contributed by atoms with Crippen molar-refractivity contribution in [2.24, 2.45) is 0 Å². The van der Waals surface area contributed by atoms with Crippen LogP contribution in [-0.4, -0.2) is 39.9 Å². The molecular formula is C24H27N5O. The van der Waals surface area contributed by atoms with Crippen LogP contribution in [0.25, 0.3) is 0 Å². The molecule has 6 nitrogen and oxygen atoms in total. The number of nitrogens with one attached hydrogen (secondary N) is 2. The molecule has 6 heteroatoms. The van der Waals surface area contributed by atoms with Gasteiger partial charge in [-0.1, -0.05) is 37.3 Å². The SMILES string of the molecule is CCC(CNC(=O)c1cccc(Nc2ncccn2)c1)N1CCc2ccccc2C1. The van der Waals surface area contributed by atoms with E-state index in [1.54, 1.807) is 18.5 Å². The summed E-state index contributed by atoms with van der Waals surface area (Å²) in [7, 11) is 0. The summed E-state index contributed by atoms with van der Waals surface area (Å²) in [6.07, 6.45) is 5.41. The lowest BCUT2D eigenvalue weighted by atomic mass is 9.98. The fourth-order valence-electron chi connectivity index (χ4n) is 3.90. The summed E-state index contributed by atoms with van der Waals surface area (Å²) in [4.78, 5) is 23.6. The molecule has 154 valence electrons. The highest BCUT2D eigenvalue weighted by Crippen LogP contribution is 2.21. The lowest BCUT2D eigenvalue weighted by molar-refractivity contribution is 0.0926. The topological polar surface area (TPSA) is 70.1 Å². The standard InChI is InChI=1S/C24H27N5O/c1-2-22(29-14-11-18-7-3-4-8-20(18)17-29)16-27-23(30)19-9-5-10-21(15-19)28-24-25-12-6-13-26-24/h3-10,12-13,15,22H,2,11,14,16-17H2,1H3,(H,27,30)(H,25,26,28). The molecule has 0 spiro atoms. The molecule has 0 radical (unpaired) electrons. The average Bonchev–Trinajstić information content (AvgIpc) is 2.80. The summed E-state index contributed by atoms with van der Waals surface area (Å²) >= 11 is 0. The molecule has 2 aromatic carbocycles. The Bertz CT molecular complexity index is 992. The van der Waals surface area contributed by atoms with Gasteiger partial charge in [0.2, 0.25) is 5.95 Å². The third-order valence-corrected chi connectivity index (χ3v) is 5.59. The fourth-order valence-corrected chi connectivity index (χ4v) is 3.90. The Morgan fingerprint density at radius 2 is 1.87 bits per heavy atom. The molecule has 1 aromatic heterocycles. The third kappa shape index (κ3) is 4.83. The van der Waals surface area contributed by atoms with E-state index in [1.165, 1.54) is 11.1 Å². The van der Waals surface area contributed by atoms with E-state index in [-0.39, 0.29) is 5.91 Å². The summed E-state index contributed by atoms with van der Waals surface area (Å²) in [5.74, 6) is 0.440. The second kappa shape index (κ2) is 9.50. The number of hydrogen-bond acceptors (Lipinski definition) is 5. The van der Waals surface area contributed by atoms with Gasteiger partial charge in [-0.15, -0.1) is 0 Å². The summed E-state index contributed by atoms with van der Waals surface area (Å²) in [6.45, 7) is 4.79. The molecule has 2 N–H and O–H groups in total. The molecule has 4 rings (SSSR count). The number of fused-ring (bicyclic) bond motifs is 1. The van der Waals surface area contributed by atoms with Gasteiger partial charge in [-0.3, -0.25) is 9.69 Å². The van der Waals surface area contributed by atoms with E-state index in [0.29, 0.717) is 24.1 Å². The van der Waals surface area contributed by atoms with Crippen LogP contribution in [0.5, 0.6) is 0 Å². The van der Waals surface area contributed by atoms with Gasteiger partial charge in [0.1, 0.15) is 0 Å². The molecule has 0 aliphatic carbocycles. The number of amides is 1. The van der Waals surface area contributed by atoms with Crippen molar-refractivity contribution in [3.63, 3.8) is 0 Å². The molecule has 1 atom stereocenters. The number of aromatic nitrogens is 2. The number of benzene rings is 2. The first kappa shape index (κ1) is 20.0. The van der Waals surface area contributed by atoms with Crippen molar-refractivity contribution in [2.45, 2.75) is 32.4 Å². The van der Waals surface area contributed by atoms with Crippen LogP contribution in [0.1, 0.15) is 34.8 Å². The summed E-state index contributed by atoms with van der Waals surface area (Å²) < 4.78 is 0. The van der Waals surface area contributed by atoms with Crippen molar-refractivity contribution >= 4 is 17.5 Å². The second-order valence-electron chi connectivity index (χ2n) is 7.54. The van der Waals surface area contributed by atoms with Gasteiger partial charge in [-0.2, -0.15) is 0 Å². The van der Waals surface area contributed by atoms with E-state index in [2.05, 4.69) is 56.7 Å². The normalized spacial score (nSPS) is 14.6. The number of carbonyl (C=O) groups is 1. The van der Waals surface area contributed by atoms with E-state index in [0.717, 1.165) is 31.6 Å². The smallest absolute Gasteiger partial charge is 0.251 e. The van der Waals surface area contributed by atoms with E-state index >= 15 is 0 Å². The molecule has 1 aliphatic rings. The molecule has 0 bridgehead atoms. The molecule has 0 saturated carbocycles. The minimum absolute atomic E-state index is 0.0662. The largest absolute Gasteiger partial charge is 0.350 e. The maximum Gasteiger partial charge on any atom is 0.251 e. The maximum absolute atomic E-state index is 12.8. The zero-order valence-electron chi connectivity index (χ0n) is 17.2. The van der Waals surface area contributed by atoms with E-state index in [1.807, 2.05) is 24.3 Å². The maximum atomic E-state index is 12.8. The van der Waals surface area contributed by atoms with Crippen molar-refractivity contribution in [1.29, 1.82) is 0 Å². The predicted octanol–water partition coefficient (Wildman–Crippen LogP) is 3.79. The van der Waals surface area contributed by atoms with Gasteiger partial charge in [0.15, 0.2) is 0 Å². The Morgan fingerprint density at radius 1 is 1.07 bits per heavy atom. The Labute approximate surface area is 177 Å². The molecule has 1 unspecified atom stereocenters. The Kier molecular flexibility index (Phi) is 6.35. The average molecular weight is 402 g/mol. The van der Waals surface area contributed by atoms with Crippen molar-refractivity contribution in [3.05, 3.63) is 83.7 Å². The van der Waals surface area contributed by atoms with Gasteiger partial charge in [-0.05, 0) is 48.2 Å². The van der Waals surface area contributed by atoms with Crippen molar-refractivity contribution in [1.82, 2.24) is 20.2 Å². The van der Waals surface area contributed by atoms with Crippen LogP contribution < -0.4 is 10.6 Å². The zero-order chi connectivity index (χ0) is 20.8. The first-order valence-corrected chi connectivity index (χ1v) is 10.5. The Morgan fingerprint density at radius 3 is 2.67 bits per heavy atom. The molecule has 0 saturated heterocycles. The van der Waals surface area contributed by atoms with Crippen LogP contribution in [0, 0.1) is 0 Å². The van der Waals surface area contributed by atoms with Crippen LogP contribution in [0.3, 0.4) is 0 Å². The van der Waals surface area contributed by atoms with Gasteiger partial charge in [0.05, 0.1) is 0 Å². The van der Waals surface area contributed by atoms with Gasteiger partial charge in [0, 0.05) is 49.3 Å². The second-order valence-corrected chi connectivity index (χ2v) is 7.54. The van der Waals surface area contributed by atoms with Gasteiger partial charge in [-0.25, -0.2) is 9.97 Å². The van der Waals surface area contributed by atoms with E-state index in [9.17, 15) is 4.79 Å².